The first kappa shape index (κ1) is 20.0. The molecule has 1 aliphatic heterocycles. The van der Waals surface area contributed by atoms with Crippen LogP contribution in [0.1, 0.15) is 6.42 Å². The zero-order valence-corrected chi connectivity index (χ0v) is 17.6. The summed E-state index contributed by atoms with van der Waals surface area (Å²) in [7, 11) is 0. The predicted octanol–water partition coefficient (Wildman–Crippen LogP) is 4.30. The molecule has 1 aliphatic rings. The normalized spacial score (nSPS) is 18.9. The van der Waals surface area contributed by atoms with Crippen LogP contribution in [-0.2, 0) is 9.53 Å². The van der Waals surface area contributed by atoms with E-state index in [0.29, 0.717) is 27.4 Å². The number of para-hydroxylation sites is 4. The number of esters is 1. The molecule has 4 aromatic rings. The fraction of sp³-hybridized carbons (Fsp3) is 0.190. The SMILES string of the molecule is O=C1OC(CCO)(CSc2nc3ccccc3o2)C(Sc2nc3ccccc3o2)=C1O. The highest BCUT2D eigenvalue weighted by atomic mass is 32.2. The van der Waals surface area contributed by atoms with Gasteiger partial charge in [0.05, 0.1) is 4.91 Å². The minimum Gasteiger partial charge on any atom is -0.501 e. The van der Waals surface area contributed by atoms with Crippen molar-refractivity contribution < 1.29 is 28.6 Å². The molecule has 0 amide bonds. The standard InChI is InChI=1S/C21H16N2O6S2/c24-10-9-21(11-30-19-22-12-5-1-3-7-14(12)27-19)17(16(25)18(26)29-21)31-20-23-13-6-2-4-8-15(13)28-20/h1-8,24-25H,9-11H2. The minimum absolute atomic E-state index is 0.0819. The Morgan fingerprint density at radius 1 is 0.935 bits per heavy atom. The zero-order chi connectivity index (χ0) is 21.4. The molecule has 0 fully saturated rings. The molecule has 2 aromatic heterocycles. The van der Waals surface area contributed by atoms with Crippen molar-refractivity contribution >= 4 is 51.7 Å². The highest BCUT2D eigenvalue weighted by molar-refractivity contribution is 8.03. The van der Waals surface area contributed by atoms with Crippen molar-refractivity contribution in [1.82, 2.24) is 9.97 Å². The highest BCUT2D eigenvalue weighted by Crippen LogP contribution is 2.47. The smallest absolute Gasteiger partial charge is 0.375 e. The molecular formula is C21H16N2O6S2. The first-order chi connectivity index (χ1) is 15.1. The molecule has 0 radical (unpaired) electrons. The van der Waals surface area contributed by atoms with Crippen LogP contribution in [0.15, 0.2) is 78.5 Å². The van der Waals surface area contributed by atoms with Crippen molar-refractivity contribution in [3.63, 3.8) is 0 Å². The van der Waals surface area contributed by atoms with E-state index < -0.39 is 17.3 Å². The Morgan fingerprint density at radius 3 is 2.19 bits per heavy atom. The van der Waals surface area contributed by atoms with Gasteiger partial charge in [0.1, 0.15) is 11.0 Å². The molecule has 158 valence electrons. The summed E-state index contributed by atoms with van der Waals surface area (Å²) in [5.41, 5.74) is 1.33. The van der Waals surface area contributed by atoms with Gasteiger partial charge in [0.25, 0.3) is 10.4 Å². The first-order valence-electron chi connectivity index (χ1n) is 9.38. The molecule has 8 nitrogen and oxygen atoms in total. The summed E-state index contributed by atoms with van der Waals surface area (Å²) >= 11 is 2.24. The largest absolute Gasteiger partial charge is 0.501 e. The third-order valence-electron chi connectivity index (χ3n) is 4.79. The molecule has 2 aromatic carbocycles. The van der Waals surface area contributed by atoms with Crippen LogP contribution in [0.3, 0.4) is 0 Å². The number of hydrogen-bond acceptors (Lipinski definition) is 10. The summed E-state index contributed by atoms with van der Waals surface area (Å²) < 4.78 is 17.0. The lowest BCUT2D eigenvalue weighted by Gasteiger charge is -2.28. The number of carbonyl (C=O) groups is 1. The quantitative estimate of drug-likeness (QED) is 0.308. The zero-order valence-electron chi connectivity index (χ0n) is 16.0. The molecule has 0 spiro atoms. The van der Waals surface area contributed by atoms with Crippen molar-refractivity contribution in [3.8, 4) is 0 Å². The fourth-order valence-electron chi connectivity index (χ4n) is 3.31. The van der Waals surface area contributed by atoms with Gasteiger partial charge in [0.15, 0.2) is 16.8 Å². The van der Waals surface area contributed by atoms with Crippen molar-refractivity contribution in [2.75, 3.05) is 12.4 Å². The Morgan fingerprint density at radius 2 is 1.55 bits per heavy atom. The van der Waals surface area contributed by atoms with E-state index in [1.807, 2.05) is 36.4 Å². The number of rotatable bonds is 7. The Bertz CT molecular complexity index is 1250. The Balaban J connectivity index is 1.45. The van der Waals surface area contributed by atoms with Gasteiger partial charge < -0.3 is 23.8 Å². The average molecular weight is 457 g/mol. The van der Waals surface area contributed by atoms with E-state index >= 15 is 0 Å². The molecule has 0 saturated carbocycles. The molecule has 0 bridgehead atoms. The first-order valence-corrected chi connectivity index (χ1v) is 11.2. The summed E-state index contributed by atoms with van der Waals surface area (Å²) in [6, 6.07) is 14.6. The lowest BCUT2D eigenvalue weighted by molar-refractivity contribution is -0.148. The molecule has 2 N–H and O–H groups in total. The summed E-state index contributed by atoms with van der Waals surface area (Å²) in [4.78, 5) is 21.3. The number of thioether (sulfide) groups is 2. The predicted molar refractivity (Wildman–Crippen MR) is 115 cm³/mol. The van der Waals surface area contributed by atoms with Gasteiger partial charge in [-0.2, -0.15) is 0 Å². The number of carbonyl (C=O) groups excluding carboxylic acids is 1. The molecule has 10 heteroatoms. The molecule has 5 rings (SSSR count). The number of ether oxygens (including phenoxy) is 1. The van der Waals surface area contributed by atoms with Gasteiger partial charge in [-0.05, 0) is 36.0 Å². The number of aliphatic hydroxyl groups is 2. The van der Waals surface area contributed by atoms with Crippen molar-refractivity contribution in [1.29, 1.82) is 0 Å². The van der Waals surface area contributed by atoms with E-state index in [1.165, 1.54) is 11.8 Å². The number of benzene rings is 2. The van der Waals surface area contributed by atoms with Crippen LogP contribution in [-0.4, -0.2) is 44.1 Å². The van der Waals surface area contributed by atoms with Gasteiger partial charge in [-0.1, -0.05) is 36.0 Å². The van der Waals surface area contributed by atoms with Crippen LogP contribution in [0.25, 0.3) is 22.2 Å². The lowest BCUT2D eigenvalue weighted by Crippen LogP contribution is -2.35. The summed E-state index contributed by atoms with van der Waals surface area (Å²) in [6.07, 6.45) is 0.0819. The van der Waals surface area contributed by atoms with Crippen LogP contribution in [0.4, 0.5) is 0 Å². The second kappa shape index (κ2) is 7.95. The summed E-state index contributed by atoms with van der Waals surface area (Å²) in [5.74, 6) is -1.19. The maximum atomic E-state index is 12.3. The molecule has 3 heterocycles. The lowest BCUT2D eigenvalue weighted by atomic mass is 10.0. The van der Waals surface area contributed by atoms with Gasteiger partial charge in [0.2, 0.25) is 5.76 Å². The number of aromatic nitrogens is 2. The van der Waals surface area contributed by atoms with Gasteiger partial charge in [-0.25, -0.2) is 14.8 Å². The minimum atomic E-state index is -1.27. The van der Waals surface area contributed by atoms with E-state index in [9.17, 15) is 15.0 Å². The summed E-state index contributed by atoms with van der Waals surface area (Å²) in [5, 5.41) is 20.8. The van der Waals surface area contributed by atoms with Crippen molar-refractivity contribution in [2.45, 2.75) is 22.5 Å². The maximum absolute atomic E-state index is 12.3. The van der Waals surface area contributed by atoms with Crippen LogP contribution < -0.4 is 0 Å². The molecule has 31 heavy (non-hydrogen) atoms. The number of oxazole rings is 2. The van der Waals surface area contributed by atoms with Crippen LogP contribution in [0.2, 0.25) is 0 Å². The average Bonchev–Trinajstić information content (AvgIpc) is 3.43. The second-order valence-corrected chi connectivity index (χ2v) is 8.71. The molecular weight excluding hydrogens is 440 g/mol. The summed E-state index contributed by atoms with van der Waals surface area (Å²) in [6.45, 7) is -0.258. The van der Waals surface area contributed by atoms with Crippen LogP contribution in [0, 0.1) is 0 Å². The number of cyclic esters (lactones) is 1. The van der Waals surface area contributed by atoms with E-state index in [1.54, 1.807) is 12.1 Å². The molecule has 1 atom stereocenters. The van der Waals surface area contributed by atoms with E-state index in [0.717, 1.165) is 11.8 Å². The monoisotopic (exact) mass is 456 g/mol. The highest BCUT2D eigenvalue weighted by Gasteiger charge is 2.49. The van der Waals surface area contributed by atoms with Gasteiger partial charge in [-0.3, -0.25) is 0 Å². The van der Waals surface area contributed by atoms with Crippen molar-refractivity contribution in [3.05, 3.63) is 59.2 Å². The van der Waals surface area contributed by atoms with E-state index in [2.05, 4.69) is 9.97 Å². The van der Waals surface area contributed by atoms with Gasteiger partial charge in [-0.15, -0.1) is 0 Å². The molecule has 0 aliphatic carbocycles. The Labute approximate surface area is 184 Å². The second-order valence-electron chi connectivity index (χ2n) is 6.82. The molecule has 0 saturated heterocycles. The van der Waals surface area contributed by atoms with Crippen LogP contribution >= 0.6 is 23.5 Å². The van der Waals surface area contributed by atoms with Crippen molar-refractivity contribution in [2.24, 2.45) is 0 Å². The fourth-order valence-corrected chi connectivity index (χ4v) is 5.45. The number of hydrogen-bond donors (Lipinski definition) is 2. The molecule has 1 unspecified atom stereocenters. The maximum Gasteiger partial charge on any atom is 0.375 e. The number of fused-ring (bicyclic) bond motifs is 2. The van der Waals surface area contributed by atoms with E-state index in [-0.39, 0.29) is 28.9 Å². The third-order valence-corrected chi connectivity index (χ3v) is 6.94. The van der Waals surface area contributed by atoms with E-state index in [4.69, 9.17) is 13.6 Å². The number of aliphatic hydroxyl groups excluding tert-OH is 2. The van der Waals surface area contributed by atoms with Gasteiger partial charge in [0, 0.05) is 18.8 Å². The Kier molecular flexibility index (Phi) is 5.12. The van der Waals surface area contributed by atoms with Crippen LogP contribution in [0.5, 0.6) is 0 Å². The Hall–Kier alpha value is -2.95. The topological polar surface area (TPSA) is 119 Å². The van der Waals surface area contributed by atoms with Gasteiger partial charge >= 0.3 is 5.97 Å². The third kappa shape index (κ3) is 3.67. The number of nitrogens with zero attached hydrogens (tertiary/aromatic N) is 2.